The number of alkyl halides is 1. The first-order valence-corrected chi connectivity index (χ1v) is 5.22. The maximum absolute atomic E-state index is 14.2. The minimum Gasteiger partial charge on any atom is -0.261 e. The van der Waals surface area contributed by atoms with Gasteiger partial charge in [0.15, 0.2) is 0 Å². The molecule has 1 heterocycles. The fourth-order valence-corrected chi connectivity index (χ4v) is 2.11. The first kappa shape index (κ1) is 9.56. The molecule has 0 aliphatic heterocycles. The highest BCUT2D eigenvalue weighted by Gasteiger charge is 2.32. The van der Waals surface area contributed by atoms with Crippen molar-refractivity contribution in [2.24, 2.45) is 0 Å². The SMILES string of the molecule is FC1(Cc2cnccn2)CCCCC1. The van der Waals surface area contributed by atoms with E-state index in [0.717, 1.165) is 18.5 Å². The van der Waals surface area contributed by atoms with Crippen LogP contribution in [-0.4, -0.2) is 15.6 Å². The van der Waals surface area contributed by atoms with Gasteiger partial charge in [0.25, 0.3) is 0 Å². The average Bonchev–Trinajstić information content (AvgIpc) is 2.19. The number of aromatic nitrogens is 2. The second-order valence-corrected chi connectivity index (χ2v) is 4.09. The molecule has 0 bridgehead atoms. The van der Waals surface area contributed by atoms with Gasteiger partial charge in [0.05, 0.1) is 5.69 Å². The normalized spacial score (nSPS) is 20.6. The van der Waals surface area contributed by atoms with Crippen LogP contribution in [0.4, 0.5) is 4.39 Å². The van der Waals surface area contributed by atoms with Crippen LogP contribution in [0.3, 0.4) is 0 Å². The third kappa shape index (κ3) is 2.28. The number of hydrogen-bond donors (Lipinski definition) is 0. The van der Waals surface area contributed by atoms with Gasteiger partial charge >= 0.3 is 0 Å². The molecule has 1 aliphatic rings. The van der Waals surface area contributed by atoms with Crippen LogP contribution >= 0.6 is 0 Å². The van der Waals surface area contributed by atoms with Crippen molar-refractivity contribution in [3.8, 4) is 0 Å². The van der Waals surface area contributed by atoms with Crippen molar-refractivity contribution in [2.75, 3.05) is 0 Å². The molecule has 0 aromatic carbocycles. The van der Waals surface area contributed by atoms with E-state index in [0.29, 0.717) is 19.3 Å². The molecule has 0 spiro atoms. The van der Waals surface area contributed by atoms with E-state index in [4.69, 9.17) is 0 Å². The zero-order valence-corrected chi connectivity index (χ0v) is 8.25. The van der Waals surface area contributed by atoms with Gasteiger partial charge in [0.2, 0.25) is 0 Å². The second-order valence-electron chi connectivity index (χ2n) is 4.09. The highest BCUT2D eigenvalue weighted by Crippen LogP contribution is 2.34. The largest absolute Gasteiger partial charge is 0.261 e. The lowest BCUT2D eigenvalue weighted by atomic mass is 9.83. The van der Waals surface area contributed by atoms with Crippen molar-refractivity contribution >= 4 is 0 Å². The monoisotopic (exact) mass is 194 g/mol. The molecular formula is C11H15FN2. The summed E-state index contributed by atoms with van der Waals surface area (Å²) in [5.74, 6) is 0. The van der Waals surface area contributed by atoms with Gasteiger partial charge in [0, 0.05) is 25.0 Å². The van der Waals surface area contributed by atoms with E-state index in [1.165, 1.54) is 6.42 Å². The molecule has 1 fully saturated rings. The smallest absolute Gasteiger partial charge is 0.116 e. The quantitative estimate of drug-likeness (QED) is 0.723. The Morgan fingerprint density at radius 3 is 2.64 bits per heavy atom. The fourth-order valence-electron chi connectivity index (χ4n) is 2.11. The topological polar surface area (TPSA) is 25.8 Å². The first-order valence-electron chi connectivity index (χ1n) is 5.22. The van der Waals surface area contributed by atoms with E-state index >= 15 is 0 Å². The van der Waals surface area contributed by atoms with Crippen LogP contribution in [0.2, 0.25) is 0 Å². The van der Waals surface area contributed by atoms with Crippen molar-refractivity contribution < 1.29 is 4.39 Å². The van der Waals surface area contributed by atoms with Crippen LogP contribution in [0.15, 0.2) is 18.6 Å². The van der Waals surface area contributed by atoms with E-state index in [-0.39, 0.29) is 0 Å². The van der Waals surface area contributed by atoms with Crippen molar-refractivity contribution in [1.82, 2.24) is 9.97 Å². The summed E-state index contributed by atoms with van der Waals surface area (Å²) in [6.07, 6.45) is 9.90. The van der Waals surface area contributed by atoms with Gasteiger partial charge in [-0.15, -0.1) is 0 Å². The number of nitrogens with zero attached hydrogens (tertiary/aromatic N) is 2. The summed E-state index contributed by atoms with van der Waals surface area (Å²) in [7, 11) is 0. The van der Waals surface area contributed by atoms with Crippen LogP contribution in [0.1, 0.15) is 37.8 Å². The van der Waals surface area contributed by atoms with Crippen molar-refractivity contribution in [3.05, 3.63) is 24.3 Å². The lowest BCUT2D eigenvalue weighted by Gasteiger charge is -2.28. The Hall–Kier alpha value is -0.990. The van der Waals surface area contributed by atoms with Gasteiger partial charge in [-0.05, 0) is 12.8 Å². The van der Waals surface area contributed by atoms with Crippen molar-refractivity contribution in [2.45, 2.75) is 44.2 Å². The van der Waals surface area contributed by atoms with E-state index in [1.807, 2.05) is 0 Å². The van der Waals surface area contributed by atoms with Gasteiger partial charge < -0.3 is 0 Å². The van der Waals surface area contributed by atoms with Crippen LogP contribution in [0, 0.1) is 0 Å². The summed E-state index contributed by atoms with van der Waals surface area (Å²) < 4.78 is 14.2. The molecular weight excluding hydrogens is 179 g/mol. The van der Waals surface area contributed by atoms with E-state index in [1.54, 1.807) is 18.6 Å². The molecule has 1 aromatic rings. The summed E-state index contributed by atoms with van der Waals surface area (Å²) >= 11 is 0. The molecule has 1 aromatic heterocycles. The average molecular weight is 194 g/mol. The summed E-state index contributed by atoms with van der Waals surface area (Å²) in [4.78, 5) is 8.07. The Morgan fingerprint density at radius 2 is 2.00 bits per heavy atom. The van der Waals surface area contributed by atoms with E-state index in [9.17, 15) is 4.39 Å². The summed E-state index contributed by atoms with van der Waals surface area (Å²) in [6.45, 7) is 0. The molecule has 2 nitrogen and oxygen atoms in total. The number of hydrogen-bond acceptors (Lipinski definition) is 2. The number of halogens is 1. The molecule has 0 atom stereocenters. The van der Waals surface area contributed by atoms with Gasteiger partial charge in [-0.3, -0.25) is 9.97 Å². The lowest BCUT2D eigenvalue weighted by molar-refractivity contribution is 0.106. The standard InChI is InChI=1S/C11H15FN2/c12-11(4-2-1-3-5-11)8-10-9-13-6-7-14-10/h6-7,9H,1-5,8H2. The number of rotatable bonds is 2. The van der Waals surface area contributed by atoms with Gasteiger partial charge in [-0.25, -0.2) is 4.39 Å². The van der Waals surface area contributed by atoms with Crippen LogP contribution in [0.5, 0.6) is 0 Å². The van der Waals surface area contributed by atoms with E-state index in [2.05, 4.69) is 9.97 Å². The zero-order chi connectivity index (χ0) is 9.86. The molecule has 1 aliphatic carbocycles. The second kappa shape index (κ2) is 4.03. The molecule has 0 saturated heterocycles. The molecule has 0 amide bonds. The van der Waals surface area contributed by atoms with Gasteiger partial charge in [0.1, 0.15) is 5.67 Å². The van der Waals surface area contributed by atoms with Gasteiger partial charge in [-0.1, -0.05) is 19.3 Å². The van der Waals surface area contributed by atoms with Gasteiger partial charge in [-0.2, -0.15) is 0 Å². The third-order valence-electron chi connectivity index (χ3n) is 2.86. The molecule has 0 unspecified atom stereocenters. The molecule has 3 heteroatoms. The molecule has 0 N–H and O–H groups in total. The van der Waals surface area contributed by atoms with Crippen LogP contribution in [0.25, 0.3) is 0 Å². The van der Waals surface area contributed by atoms with Crippen LogP contribution < -0.4 is 0 Å². The first-order chi connectivity index (χ1) is 6.79. The molecule has 76 valence electrons. The fraction of sp³-hybridized carbons (Fsp3) is 0.636. The zero-order valence-electron chi connectivity index (χ0n) is 8.25. The van der Waals surface area contributed by atoms with Crippen molar-refractivity contribution in [1.29, 1.82) is 0 Å². The Kier molecular flexibility index (Phi) is 2.75. The Balaban J connectivity index is 2.02. The third-order valence-corrected chi connectivity index (χ3v) is 2.86. The van der Waals surface area contributed by atoms with Crippen LogP contribution in [-0.2, 0) is 6.42 Å². The van der Waals surface area contributed by atoms with E-state index < -0.39 is 5.67 Å². The Bertz CT molecular complexity index is 281. The maximum Gasteiger partial charge on any atom is 0.116 e. The van der Waals surface area contributed by atoms with Crippen molar-refractivity contribution in [3.63, 3.8) is 0 Å². The highest BCUT2D eigenvalue weighted by atomic mass is 19.1. The highest BCUT2D eigenvalue weighted by molar-refractivity contribution is 5.01. The molecule has 1 saturated carbocycles. The summed E-state index contributed by atoms with van der Waals surface area (Å²) in [5.41, 5.74) is -0.245. The molecule has 0 radical (unpaired) electrons. The summed E-state index contributed by atoms with van der Waals surface area (Å²) in [6, 6.07) is 0. The maximum atomic E-state index is 14.2. The predicted octanol–water partition coefficient (Wildman–Crippen LogP) is 2.69. The molecule has 2 rings (SSSR count). The molecule has 14 heavy (non-hydrogen) atoms. The Morgan fingerprint density at radius 1 is 1.21 bits per heavy atom. The Labute approximate surface area is 83.6 Å². The minimum absolute atomic E-state index is 0.431. The summed E-state index contributed by atoms with van der Waals surface area (Å²) in [5, 5.41) is 0. The predicted molar refractivity (Wildman–Crippen MR) is 52.7 cm³/mol. The minimum atomic E-state index is -1.02. The lowest BCUT2D eigenvalue weighted by Crippen LogP contribution is -2.29.